The number of carbonyl (C=O) groups excluding carboxylic acids is 1. The van der Waals surface area contributed by atoms with Gasteiger partial charge in [-0.2, -0.15) is 11.8 Å². The number of ether oxygens (including phenoxy) is 1. The minimum atomic E-state index is 0.0710. The molecule has 0 radical (unpaired) electrons. The summed E-state index contributed by atoms with van der Waals surface area (Å²) in [6.45, 7) is 4.14. The highest BCUT2D eigenvalue weighted by molar-refractivity contribution is 8.00. The van der Waals surface area contributed by atoms with Crippen molar-refractivity contribution in [3.8, 4) is 5.75 Å². The molecule has 100 valence electrons. The molecule has 1 N–H and O–H groups in total. The Labute approximate surface area is 113 Å². The molecule has 0 saturated carbocycles. The Morgan fingerprint density at radius 1 is 1.50 bits per heavy atom. The number of carbonyl (C=O) groups is 1. The molecule has 0 aliphatic carbocycles. The second-order valence-electron chi connectivity index (χ2n) is 4.26. The van der Waals surface area contributed by atoms with Crippen molar-refractivity contribution in [3.05, 3.63) is 29.3 Å². The van der Waals surface area contributed by atoms with E-state index < -0.39 is 0 Å². The zero-order valence-electron chi connectivity index (χ0n) is 11.1. The zero-order valence-corrected chi connectivity index (χ0v) is 11.9. The lowest BCUT2D eigenvalue weighted by atomic mass is 10.1. The van der Waals surface area contributed by atoms with Crippen molar-refractivity contribution in [1.29, 1.82) is 0 Å². The zero-order chi connectivity index (χ0) is 13.5. The standard InChI is InChI=1S/C14H20O3S/c1-10-4-5-12(14(8-10)17-3)13(16)9-18-11(2)6-7-15/h4-5,8,11,15H,6-7,9H2,1-3H3. The third-order valence-electron chi connectivity index (χ3n) is 2.69. The van der Waals surface area contributed by atoms with Gasteiger partial charge < -0.3 is 9.84 Å². The fourth-order valence-electron chi connectivity index (χ4n) is 1.59. The van der Waals surface area contributed by atoms with Crippen molar-refractivity contribution in [1.82, 2.24) is 0 Å². The molecule has 18 heavy (non-hydrogen) atoms. The summed E-state index contributed by atoms with van der Waals surface area (Å²) in [5, 5.41) is 9.10. The summed E-state index contributed by atoms with van der Waals surface area (Å²) >= 11 is 1.56. The van der Waals surface area contributed by atoms with Crippen LogP contribution in [-0.4, -0.2) is 35.6 Å². The predicted octanol–water partition coefficient (Wildman–Crippen LogP) is 2.69. The average molecular weight is 268 g/mol. The summed E-state index contributed by atoms with van der Waals surface area (Å²) in [6, 6.07) is 5.60. The Balaban J connectivity index is 2.66. The number of Topliss-reactive ketones (excluding diaryl/α,β-unsaturated/α-hetero) is 1. The second-order valence-corrected chi connectivity index (χ2v) is 5.69. The molecule has 3 nitrogen and oxygen atoms in total. The van der Waals surface area contributed by atoms with Gasteiger partial charge >= 0.3 is 0 Å². The highest BCUT2D eigenvalue weighted by Gasteiger charge is 2.13. The maximum absolute atomic E-state index is 12.1. The monoisotopic (exact) mass is 268 g/mol. The van der Waals surface area contributed by atoms with Gasteiger partial charge in [-0.3, -0.25) is 4.79 Å². The van der Waals surface area contributed by atoms with E-state index in [-0.39, 0.29) is 17.6 Å². The van der Waals surface area contributed by atoms with Gasteiger partial charge in [0.15, 0.2) is 5.78 Å². The first-order valence-corrected chi connectivity index (χ1v) is 7.03. The first kappa shape index (κ1) is 15.1. The molecule has 1 aromatic carbocycles. The van der Waals surface area contributed by atoms with Crippen LogP contribution < -0.4 is 4.74 Å². The fraction of sp³-hybridized carbons (Fsp3) is 0.500. The van der Waals surface area contributed by atoms with Crippen molar-refractivity contribution in [3.63, 3.8) is 0 Å². The number of aryl methyl sites for hydroxylation is 1. The van der Waals surface area contributed by atoms with Gasteiger partial charge in [0.2, 0.25) is 0 Å². The van der Waals surface area contributed by atoms with E-state index in [0.29, 0.717) is 23.5 Å². The number of thioether (sulfide) groups is 1. The molecule has 1 rings (SSSR count). The van der Waals surface area contributed by atoms with Gasteiger partial charge in [0.1, 0.15) is 5.75 Å². The highest BCUT2D eigenvalue weighted by Crippen LogP contribution is 2.23. The molecule has 0 heterocycles. The van der Waals surface area contributed by atoms with Gasteiger partial charge in [-0.25, -0.2) is 0 Å². The molecular formula is C14H20O3S. The van der Waals surface area contributed by atoms with Gasteiger partial charge in [0, 0.05) is 11.9 Å². The lowest BCUT2D eigenvalue weighted by Gasteiger charge is -2.11. The molecule has 1 aromatic rings. The van der Waals surface area contributed by atoms with Gasteiger partial charge in [-0.05, 0) is 31.0 Å². The van der Waals surface area contributed by atoms with Crippen molar-refractivity contribution in [2.75, 3.05) is 19.5 Å². The first-order valence-electron chi connectivity index (χ1n) is 5.98. The molecule has 0 aliphatic heterocycles. The second kappa shape index (κ2) is 7.44. The normalized spacial score (nSPS) is 12.2. The van der Waals surface area contributed by atoms with Gasteiger partial charge in [0.05, 0.1) is 18.4 Å². The average Bonchev–Trinajstić information content (AvgIpc) is 2.36. The van der Waals surface area contributed by atoms with E-state index in [9.17, 15) is 4.79 Å². The molecule has 0 saturated heterocycles. The third-order valence-corrected chi connectivity index (χ3v) is 3.93. The molecule has 0 fully saturated rings. The molecule has 0 aromatic heterocycles. The van der Waals surface area contributed by atoms with E-state index in [1.807, 2.05) is 32.0 Å². The van der Waals surface area contributed by atoms with Crippen LogP contribution in [-0.2, 0) is 0 Å². The first-order chi connectivity index (χ1) is 8.58. The quantitative estimate of drug-likeness (QED) is 0.772. The topological polar surface area (TPSA) is 46.5 Å². The van der Waals surface area contributed by atoms with Crippen LogP contribution in [0.15, 0.2) is 18.2 Å². The largest absolute Gasteiger partial charge is 0.496 e. The maximum Gasteiger partial charge on any atom is 0.176 e. The summed E-state index contributed by atoms with van der Waals surface area (Å²) in [6.07, 6.45) is 0.711. The Morgan fingerprint density at radius 2 is 2.22 bits per heavy atom. The lowest BCUT2D eigenvalue weighted by Crippen LogP contribution is -2.09. The van der Waals surface area contributed by atoms with Crippen LogP contribution >= 0.6 is 11.8 Å². The smallest absolute Gasteiger partial charge is 0.176 e. The van der Waals surface area contributed by atoms with Crippen molar-refractivity contribution >= 4 is 17.5 Å². The molecule has 1 atom stereocenters. The third kappa shape index (κ3) is 4.35. The number of ketones is 1. The Hall–Kier alpha value is -1.00. The van der Waals surface area contributed by atoms with Crippen LogP contribution in [0, 0.1) is 6.92 Å². The number of benzene rings is 1. The molecule has 0 amide bonds. The number of aliphatic hydroxyl groups is 1. The number of methoxy groups -OCH3 is 1. The van der Waals surface area contributed by atoms with Crippen LogP contribution in [0.2, 0.25) is 0 Å². The summed E-state index contributed by atoms with van der Waals surface area (Å²) in [5.41, 5.74) is 1.71. The molecule has 0 aliphatic rings. The predicted molar refractivity (Wildman–Crippen MR) is 75.7 cm³/mol. The van der Waals surface area contributed by atoms with Crippen LogP contribution in [0.25, 0.3) is 0 Å². The van der Waals surface area contributed by atoms with Gasteiger partial charge in [-0.1, -0.05) is 13.0 Å². The summed E-state index contributed by atoms with van der Waals surface area (Å²) in [4.78, 5) is 12.1. The van der Waals surface area contributed by atoms with Gasteiger partial charge in [-0.15, -0.1) is 0 Å². The van der Waals surface area contributed by atoms with Crippen LogP contribution in [0.4, 0.5) is 0 Å². The maximum atomic E-state index is 12.1. The van der Waals surface area contributed by atoms with E-state index in [1.165, 1.54) is 0 Å². The van der Waals surface area contributed by atoms with Crippen LogP contribution in [0.1, 0.15) is 29.3 Å². The van der Waals surface area contributed by atoms with E-state index in [0.717, 1.165) is 5.56 Å². The number of aliphatic hydroxyl groups excluding tert-OH is 1. The van der Waals surface area contributed by atoms with E-state index >= 15 is 0 Å². The SMILES string of the molecule is COc1cc(C)ccc1C(=O)CSC(C)CCO. The molecule has 1 unspecified atom stereocenters. The van der Waals surface area contributed by atoms with Crippen molar-refractivity contribution in [2.24, 2.45) is 0 Å². The molecule has 0 bridgehead atoms. The van der Waals surface area contributed by atoms with Crippen molar-refractivity contribution < 1.29 is 14.6 Å². The number of hydrogen-bond donors (Lipinski definition) is 1. The van der Waals surface area contributed by atoms with Gasteiger partial charge in [0.25, 0.3) is 0 Å². The number of rotatable bonds is 7. The summed E-state index contributed by atoms with van der Waals surface area (Å²) < 4.78 is 5.23. The molecule has 0 spiro atoms. The van der Waals surface area contributed by atoms with E-state index in [4.69, 9.17) is 9.84 Å². The summed E-state index contributed by atoms with van der Waals surface area (Å²) in [7, 11) is 1.58. The Bertz CT molecular complexity index is 404. The fourth-order valence-corrected chi connectivity index (χ4v) is 2.45. The van der Waals surface area contributed by atoms with E-state index in [1.54, 1.807) is 18.9 Å². The number of hydrogen-bond acceptors (Lipinski definition) is 4. The minimum absolute atomic E-state index is 0.0710. The molecular weight excluding hydrogens is 248 g/mol. The Morgan fingerprint density at radius 3 is 2.83 bits per heavy atom. The summed E-state index contributed by atoms with van der Waals surface area (Å²) in [5.74, 6) is 1.12. The van der Waals surface area contributed by atoms with Crippen LogP contribution in [0.3, 0.4) is 0 Å². The van der Waals surface area contributed by atoms with Crippen LogP contribution in [0.5, 0.6) is 5.75 Å². The minimum Gasteiger partial charge on any atom is -0.496 e. The lowest BCUT2D eigenvalue weighted by molar-refractivity contribution is 0.101. The highest BCUT2D eigenvalue weighted by atomic mass is 32.2. The Kier molecular flexibility index (Phi) is 6.22. The van der Waals surface area contributed by atoms with E-state index in [2.05, 4.69) is 0 Å². The van der Waals surface area contributed by atoms with Crippen molar-refractivity contribution in [2.45, 2.75) is 25.5 Å². The molecule has 4 heteroatoms.